The van der Waals surface area contributed by atoms with Crippen molar-refractivity contribution in [2.45, 2.75) is 73.6 Å². The summed E-state index contributed by atoms with van der Waals surface area (Å²) in [5, 5.41) is 0.801. The molecular weight excluding hydrogens is 320 g/mol. The molecule has 0 saturated heterocycles. The highest BCUT2D eigenvalue weighted by molar-refractivity contribution is 6.31. The van der Waals surface area contributed by atoms with Gasteiger partial charge in [0.2, 0.25) is 0 Å². The molecule has 0 bridgehead atoms. The number of halogens is 1. The van der Waals surface area contributed by atoms with Gasteiger partial charge in [0.15, 0.2) is 0 Å². The highest BCUT2D eigenvalue weighted by Crippen LogP contribution is 2.24. The van der Waals surface area contributed by atoms with Crippen LogP contribution in [0, 0.1) is 11.8 Å². The van der Waals surface area contributed by atoms with Gasteiger partial charge in [-0.05, 0) is 48.9 Å². The fourth-order valence-electron chi connectivity index (χ4n) is 2.18. The lowest BCUT2D eigenvalue weighted by molar-refractivity contribution is -0.122. The Morgan fingerprint density at radius 1 is 1.08 bits per heavy atom. The molecule has 138 valence electrons. The van der Waals surface area contributed by atoms with Crippen LogP contribution < -0.4 is 4.74 Å². The van der Waals surface area contributed by atoms with Gasteiger partial charge in [0.25, 0.3) is 0 Å². The zero-order valence-corrected chi connectivity index (χ0v) is 17.1. The molecule has 0 aliphatic heterocycles. The van der Waals surface area contributed by atoms with Gasteiger partial charge in [-0.15, -0.1) is 0 Å². The first-order chi connectivity index (χ1) is 11.4. The van der Waals surface area contributed by atoms with Gasteiger partial charge in [-0.25, -0.2) is 0 Å². The third-order valence-corrected chi connectivity index (χ3v) is 3.98. The number of carbonyl (C=O) groups is 1. The van der Waals surface area contributed by atoms with Crippen molar-refractivity contribution in [2.24, 2.45) is 11.8 Å². The zero-order chi connectivity index (χ0) is 18.5. The topological polar surface area (TPSA) is 26.3 Å². The molecule has 1 aromatic rings. The maximum Gasteiger partial charge on any atom is 0.135 e. The third kappa shape index (κ3) is 9.97. The quantitative estimate of drug-likeness (QED) is 0.435. The van der Waals surface area contributed by atoms with Crippen molar-refractivity contribution in [3.05, 3.63) is 28.8 Å². The van der Waals surface area contributed by atoms with Crippen molar-refractivity contribution in [3.8, 4) is 5.75 Å². The van der Waals surface area contributed by atoms with E-state index < -0.39 is 0 Å². The Balaban J connectivity index is 0.00000254. The fourth-order valence-corrected chi connectivity index (χ4v) is 2.39. The number of carbonyl (C=O) groups excluding carboxylic acids is 1. The summed E-state index contributed by atoms with van der Waals surface area (Å²) < 4.78 is 5.75. The summed E-state index contributed by atoms with van der Waals surface area (Å²) >= 11 is 6.25. The molecule has 0 amide bonds. The minimum Gasteiger partial charge on any atom is -0.493 e. The number of benzene rings is 1. The number of hydrogen-bond donors (Lipinski definition) is 0. The molecule has 0 N–H and O–H groups in total. The molecule has 0 radical (unpaired) electrons. The van der Waals surface area contributed by atoms with Gasteiger partial charge in [-0.2, -0.15) is 0 Å². The highest BCUT2D eigenvalue weighted by atomic mass is 35.5. The van der Waals surface area contributed by atoms with E-state index in [1.165, 1.54) is 0 Å². The van der Waals surface area contributed by atoms with Crippen LogP contribution in [-0.2, 0) is 11.2 Å². The molecule has 24 heavy (non-hydrogen) atoms. The van der Waals surface area contributed by atoms with Gasteiger partial charge in [-0.1, -0.05) is 59.6 Å². The van der Waals surface area contributed by atoms with Crippen LogP contribution in [0.3, 0.4) is 0 Å². The molecule has 0 heterocycles. The molecule has 0 saturated carbocycles. The van der Waals surface area contributed by atoms with Crippen LogP contribution >= 0.6 is 11.6 Å². The molecule has 1 rings (SSSR count). The van der Waals surface area contributed by atoms with Gasteiger partial charge in [0.05, 0.1) is 6.61 Å². The Morgan fingerprint density at radius 3 is 2.33 bits per heavy atom. The van der Waals surface area contributed by atoms with Crippen molar-refractivity contribution >= 4 is 17.4 Å². The van der Waals surface area contributed by atoms with E-state index in [1.807, 2.05) is 45.9 Å². The van der Waals surface area contributed by atoms with E-state index in [9.17, 15) is 4.79 Å². The Hall–Kier alpha value is -1.02. The smallest absolute Gasteiger partial charge is 0.135 e. The van der Waals surface area contributed by atoms with Crippen LogP contribution in [0.5, 0.6) is 5.75 Å². The number of ether oxygens (including phenoxy) is 1. The summed E-state index contributed by atoms with van der Waals surface area (Å²) in [6.45, 7) is 12.9. The lowest BCUT2D eigenvalue weighted by atomic mass is 10.0. The van der Waals surface area contributed by atoms with E-state index in [4.69, 9.17) is 16.3 Å². The van der Waals surface area contributed by atoms with E-state index in [0.29, 0.717) is 18.1 Å². The van der Waals surface area contributed by atoms with Crippen molar-refractivity contribution in [1.29, 1.82) is 0 Å². The highest BCUT2D eigenvalue weighted by Gasteiger charge is 2.07. The average molecular weight is 355 g/mol. The van der Waals surface area contributed by atoms with Crippen molar-refractivity contribution in [3.63, 3.8) is 0 Å². The minimum atomic E-state index is 0.157. The van der Waals surface area contributed by atoms with Crippen LogP contribution in [-0.4, -0.2) is 12.4 Å². The molecule has 0 aromatic heterocycles. The molecule has 3 heteroatoms. The lowest BCUT2D eigenvalue weighted by Crippen LogP contribution is -2.06. The van der Waals surface area contributed by atoms with E-state index in [0.717, 1.165) is 48.6 Å². The summed E-state index contributed by atoms with van der Waals surface area (Å²) in [6, 6.07) is 5.88. The second-order valence-corrected chi connectivity index (χ2v) is 7.05. The predicted molar refractivity (Wildman–Crippen MR) is 105 cm³/mol. The summed E-state index contributed by atoms with van der Waals surface area (Å²) in [6.07, 6.45) is 4.72. The number of hydrogen-bond acceptors (Lipinski definition) is 2. The fraction of sp³-hybridized carbons (Fsp3) is 0.667. The zero-order valence-electron chi connectivity index (χ0n) is 16.3. The van der Waals surface area contributed by atoms with Crippen molar-refractivity contribution in [2.75, 3.05) is 6.61 Å². The molecule has 0 spiro atoms. The van der Waals surface area contributed by atoms with Crippen molar-refractivity contribution in [1.82, 2.24) is 0 Å². The number of aryl methyl sites for hydroxylation is 1. The molecule has 0 aliphatic carbocycles. The first-order valence-electron chi connectivity index (χ1n) is 9.34. The minimum absolute atomic E-state index is 0.157. The Kier molecular flexibility index (Phi) is 12.7. The summed E-state index contributed by atoms with van der Waals surface area (Å²) in [7, 11) is 0. The van der Waals surface area contributed by atoms with Crippen LogP contribution in [0.4, 0.5) is 0 Å². The number of rotatable bonds is 10. The van der Waals surface area contributed by atoms with Gasteiger partial charge in [0, 0.05) is 17.4 Å². The lowest BCUT2D eigenvalue weighted by Gasteiger charge is -2.11. The summed E-state index contributed by atoms with van der Waals surface area (Å²) in [4.78, 5) is 11.6. The molecule has 2 nitrogen and oxygen atoms in total. The van der Waals surface area contributed by atoms with Crippen LogP contribution in [0.2, 0.25) is 5.02 Å². The molecule has 0 atom stereocenters. The SMILES string of the molecule is CC.CC(C)COc1ccc(Cl)c(CCCCCC(=O)C(C)C)c1. The third-order valence-electron chi connectivity index (χ3n) is 3.61. The summed E-state index contributed by atoms with van der Waals surface area (Å²) in [5.41, 5.74) is 1.14. The van der Waals surface area contributed by atoms with E-state index in [-0.39, 0.29) is 5.92 Å². The normalized spacial score (nSPS) is 10.5. The monoisotopic (exact) mass is 354 g/mol. The maximum absolute atomic E-state index is 11.6. The first kappa shape index (κ1) is 23.0. The Bertz CT molecular complexity index is 467. The Morgan fingerprint density at radius 2 is 1.75 bits per heavy atom. The molecule has 1 aromatic carbocycles. The second kappa shape index (κ2) is 13.3. The van der Waals surface area contributed by atoms with E-state index in [2.05, 4.69) is 13.8 Å². The molecule has 0 fully saturated rings. The van der Waals surface area contributed by atoms with Gasteiger partial charge >= 0.3 is 0 Å². The van der Waals surface area contributed by atoms with Crippen LogP contribution in [0.25, 0.3) is 0 Å². The number of Topliss-reactive ketones (excluding diaryl/α,β-unsaturated/α-hetero) is 1. The predicted octanol–water partition coefficient (Wildman–Crippen LogP) is 6.73. The van der Waals surface area contributed by atoms with Gasteiger partial charge in [0.1, 0.15) is 11.5 Å². The van der Waals surface area contributed by atoms with Gasteiger partial charge in [-0.3, -0.25) is 4.79 Å². The average Bonchev–Trinajstić information content (AvgIpc) is 2.56. The molecular formula is C21H35ClO2. The largest absolute Gasteiger partial charge is 0.493 e. The first-order valence-corrected chi connectivity index (χ1v) is 9.72. The standard InChI is InChI=1S/C19H29ClO2.C2H6/c1-14(2)13-22-17-10-11-18(20)16(12-17)8-6-5-7-9-19(21)15(3)4;1-2/h10-12,14-15H,5-9,13H2,1-4H3;1-2H3. The van der Waals surface area contributed by atoms with Crippen LogP contribution in [0.15, 0.2) is 18.2 Å². The second-order valence-electron chi connectivity index (χ2n) is 6.64. The van der Waals surface area contributed by atoms with Crippen molar-refractivity contribution < 1.29 is 9.53 Å². The molecule has 0 aliphatic rings. The van der Waals surface area contributed by atoms with Crippen LogP contribution in [0.1, 0.15) is 72.8 Å². The number of ketones is 1. The Labute approximate surface area is 153 Å². The van der Waals surface area contributed by atoms with E-state index in [1.54, 1.807) is 0 Å². The van der Waals surface area contributed by atoms with E-state index >= 15 is 0 Å². The summed E-state index contributed by atoms with van der Waals surface area (Å²) in [5.74, 6) is 1.92. The maximum atomic E-state index is 11.6. The molecule has 0 unspecified atom stereocenters. The van der Waals surface area contributed by atoms with Gasteiger partial charge < -0.3 is 4.74 Å². The number of unbranched alkanes of at least 4 members (excludes halogenated alkanes) is 2.